The van der Waals surface area contributed by atoms with Crippen LogP contribution >= 0.6 is 47.0 Å². The minimum absolute atomic E-state index is 0.189. The molecule has 0 aromatic heterocycles. The van der Waals surface area contributed by atoms with E-state index in [9.17, 15) is 4.79 Å². The zero-order valence-electron chi connectivity index (χ0n) is 13.4. The molecule has 0 aliphatic rings. The number of alkyl halides is 3. The van der Waals surface area contributed by atoms with E-state index >= 15 is 0 Å². The fourth-order valence-corrected chi connectivity index (χ4v) is 2.11. The Balaban J connectivity index is 2.69. The average Bonchev–Trinajstić information content (AvgIpc) is 2.47. The van der Waals surface area contributed by atoms with E-state index in [0.29, 0.717) is 6.61 Å². The van der Waals surface area contributed by atoms with E-state index in [0.717, 1.165) is 11.4 Å². The molecule has 1 atom stereocenters. The molecule has 6 nitrogen and oxygen atoms in total. The lowest BCUT2D eigenvalue weighted by Gasteiger charge is -2.28. The maximum atomic E-state index is 11.8. The standard InChI is InChI=1S/C14H19Cl3N4O2S/c1-4-23-10-7-5-9(6-8-10)18-12(24)19-11(14(15,16)17)20-13(22)21(2)3/h5-8,11H,4H2,1-3H3,(H,20,22)(H2,18,19,24)/t11-/m0/s1. The zero-order valence-corrected chi connectivity index (χ0v) is 16.5. The van der Waals surface area contributed by atoms with E-state index in [-0.39, 0.29) is 5.11 Å². The van der Waals surface area contributed by atoms with Crippen molar-refractivity contribution in [3.63, 3.8) is 0 Å². The number of urea groups is 1. The second-order valence-electron chi connectivity index (χ2n) is 4.87. The summed E-state index contributed by atoms with van der Waals surface area (Å²) in [6.07, 6.45) is -1.01. The smallest absolute Gasteiger partial charge is 0.318 e. The molecular formula is C14H19Cl3N4O2S. The molecule has 2 amide bonds. The number of thiocarbonyl (C=S) groups is 1. The Labute approximate surface area is 161 Å². The highest BCUT2D eigenvalue weighted by molar-refractivity contribution is 7.80. The summed E-state index contributed by atoms with van der Waals surface area (Å²) in [4.78, 5) is 13.1. The Morgan fingerprint density at radius 3 is 2.29 bits per heavy atom. The predicted octanol–water partition coefficient (Wildman–Crippen LogP) is 3.34. The van der Waals surface area contributed by atoms with E-state index in [2.05, 4.69) is 16.0 Å². The normalized spacial score (nSPS) is 12.1. The van der Waals surface area contributed by atoms with Crippen molar-refractivity contribution in [1.29, 1.82) is 0 Å². The molecule has 0 fully saturated rings. The van der Waals surface area contributed by atoms with Gasteiger partial charge in [-0.05, 0) is 43.4 Å². The van der Waals surface area contributed by atoms with Gasteiger partial charge in [0.1, 0.15) is 5.75 Å². The molecule has 134 valence electrons. The van der Waals surface area contributed by atoms with E-state index in [1.54, 1.807) is 38.4 Å². The molecule has 1 aromatic carbocycles. The number of nitrogens with one attached hydrogen (secondary N) is 3. The van der Waals surface area contributed by atoms with Gasteiger partial charge in [-0.1, -0.05) is 34.8 Å². The second kappa shape index (κ2) is 9.36. The first-order valence-corrected chi connectivity index (χ1v) is 8.52. The van der Waals surface area contributed by atoms with Crippen LogP contribution in [0.2, 0.25) is 0 Å². The molecule has 1 rings (SSSR count). The summed E-state index contributed by atoms with van der Waals surface area (Å²) in [6.45, 7) is 2.49. The van der Waals surface area contributed by atoms with Crippen molar-refractivity contribution >= 4 is 63.9 Å². The monoisotopic (exact) mass is 412 g/mol. The Morgan fingerprint density at radius 1 is 1.25 bits per heavy atom. The maximum absolute atomic E-state index is 11.8. The molecule has 24 heavy (non-hydrogen) atoms. The van der Waals surface area contributed by atoms with Gasteiger partial charge in [-0.25, -0.2) is 4.79 Å². The topological polar surface area (TPSA) is 65.6 Å². The number of amides is 2. The lowest BCUT2D eigenvalue weighted by atomic mass is 10.3. The molecule has 0 bridgehead atoms. The van der Waals surface area contributed by atoms with Gasteiger partial charge >= 0.3 is 6.03 Å². The van der Waals surface area contributed by atoms with Crippen LogP contribution in [0, 0.1) is 0 Å². The zero-order chi connectivity index (χ0) is 18.3. The SMILES string of the molecule is CCOc1ccc(NC(=S)N[C@@H](NC(=O)N(C)C)C(Cl)(Cl)Cl)cc1. The number of ether oxygens (including phenoxy) is 1. The molecule has 0 spiro atoms. The third kappa shape index (κ3) is 7.17. The van der Waals surface area contributed by atoms with Crippen LogP contribution in [0.15, 0.2) is 24.3 Å². The molecule has 1 aromatic rings. The minimum Gasteiger partial charge on any atom is -0.494 e. The van der Waals surface area contributed by atoms with Gasteiger partial charge in [0.25, 0.3) is 0 Å². The van der Waals surface area contributed by atoms with Gasteiger partial charge in [-0.3, -0.25) is 0 Å². The van der Waals surface area contributed by atoms with Gasteiger partial charge in [0, 0.05) is 19.8 Å². The first-order valence-electron chi connectivity index (χ1n) is 6.98. The molecule has 10 heteroatoms. The van der Waals surface area contributed by atoms with Crippen LogP contribution in [0.4, 0.5) is 10.5 Å². The van der Waals surface area contributed by atoms with Crippen LogP contribution < -0.4 is 20.7 Å². The molecule has 0 saturated heterocycles. The first-order chi connectivity index (χ1) is 11.1. The summed E-state index contributed by atoms with van der Waals surface area (Å²) in [5.74, 6) is 0.749. The first kappa shape index (κ1) is 20.9. The number of hydrogen-bond acceptors (Lipinski definition) is 3. The number of anilines is 1. The van der Waals surface area contributed by atoms with Crippen LogP contribution in [-0.4, -0.2) is 46.7 Å². The number of rotatable bonds is 5. The van der Waals surface area contributed by atoms with Gasteiger partial charge in [-0.15, -0.1) is 0 Å². The van der Waals surface area contributed by atoms with Crippen LogP contribution in [0.3, 0.4) is 0 Å². The summed E-state index contributed by atoms with van der Waals surface area (Å²) in [5.41, 5.74) is 0.720. The molecular weight excluding hydrogens is 395 g/mol. The van der Waals surface area contributed by atoms with Gasteiger partial charge in [0.05, 0.1) is 6.61 Å². The Hall–Kier alpha value is -1.15. The van der Waals surface area contributed by atoms with Crippen molar-refractivity contribution in [1.82, 2.24) is 15.5 Å². The lowest BCUT2D eigenvalue weighted by molar-refractivity contribution is 0.212. The van der Waals surface area contributed by atoms with Gasteiger partial charge in [0.15, 0.2) is 11.3 Å². The van der Waals surface area contributed by atoms with Crippen molar-refractivity contribution in [3.05, 3.63) is 24.3 Å². The summed E-state index contributed by atoms with van der Waals surface area (Å²) in [5, 5.41) is 8.43. The second-order valence-corrected chi connectivity index (χ2v) is 7.65. The van der Waals surface area contributed by atoms with Gasteiger partial charge in [-0.2, -0.15) is 0 Å². The van der Waals surface area contributed by atoms with Gasteiger partial charge < -0.3 is 25.6 Å². The van der Waals surface area contributed by atoms with E-state index < -0.39 is 16.0 Å². The fourth-order valence-electron chi connectivity index (χ4n) is 1.55. The predicted molar refractivity (Wildman–Crippen MR) is 103 cm³/mol. The fraction of sp³-hybridized carbons (Fsp3) is 0.429. The van der Waals surface area contributed by atoms with Crippen LogP contribution in [0.1, 0.15) is 6.92 Å². The molecule has 0 radical (unpaired) electrons. The maximum Gasteiger partial charge on any atom is 0.318 e. The Morgan fingerprint density at radius 2 is 1.83 bits per heavy atom. The summed E-state index contributed by atoms with van der Waals surface area (Å²) in [6, 6.07) is 6.76. The highest BCUT2D eigenvalue weighted by atomic mass is 35.6. The highest BCUT2D eigenvalue weighted by Crippen LogP contribution is 2.29. The lowest BCUT2D eigenvalue weighted by Crippen LogP contribution is -2.57. The van der Waals surface area contributed by atoms with E-state index in [1.807, 2.05) is 6.92 Å². The highest BCUT2D eigenvalue weighted by Gasteiger charge is 2.35. The van der Waals surface area contributed by atoms with Crippen LogP contribution in [0.5, 0.6) is 5.75 Å². The molecule has 0 unspecified atom stereocenters. The number of carbonyl (C=O) groups excluding carboxylic acids is 1. The third-order valence-corrected chi connectivity index (χ3v) is 3.57. The third-order valence-electron chi connectivity index (χ3n) is 2.70. The number of nitrogens with zero attached hydrogens (tertiary/aromatic N) is 1. The van der Waals surface area contributed by atoms with Gasteiger partial charge in [0.2, 0.25) is 3.79 Å². The minimum atomic E-state index is -1.80. The molecule has 3 N–H and O–H groups in total. The quantitative estimate of drug-likeness (QED) is 0.392. The summed E-state index contributed by atoms with van der Waals surface area (Å²) >= 11 is 22.8. The van der Waals surface area contributed by atoms with Crippen molar-refractivity contribution in [2.45, 2.75) is 16.9 Å². The Kier molecular flexibility index (Phi) is 8.15. The van der Waals surface area contributed by atoms with Crippen molar-refractivity contribution < 1.29 is 9.53 Å². The van der Waals surface area contributed by atoms with Crippen molar-refractivity contribution in [2.75, 3.05) is 26.0 Å². The average molecular weight is 414 g/mol. The number of hydrogen-bond donors (Lipinski definition) is 3. The number of benzene rings is 1. The number of halogens is 3. The molecule has 0 aliphatic heterocycles. The molecule has 0 aliphatic carbocycles. The summed E-state index contributed by atoms with van der Waals surface area (Å²) in [7, 11) is 3.14. The van der Waals surface area contributed by atoms with Crippen LogP contribution in [-0.2, 0) is 0 Å². The Bertz CT molecular complexity index is 564. The van der Waals surface area contributed by atoms with Crippen molar-refractivity contribution in [3.8, 4) is 5.75 Å². The molecule has 0 heterocycles. The van der Waals surface area contributed by atoms with Crippen molar-refractivity contribution in [2.24, 2.45) is 0 Å². The van der Waals surface area contributed by atoms with E-state index in [1.165, 1.54) is 4.90 Å². The van der Waals surface area contributed by atoms with Crippen LogP contribution in [0.25, 0.3) is 0 Å². The largest absolute Gasteiger partial charge is 0.494 e. The molecule has 0 saturated carbocycles. The summed E-state index contributed by atoms with van der Waals surface area (Å²) < 4.78 is 3.57. The van der Waals surface area contributed by atoms with E-state index in [4.69, 9.17) is 51.8 Å². The number of carbonyl (C=O) groups is 1.